The SMILES string of the molecule is CCNC(=O)C(C)NC(C)c1nc2ccccc2s1. The minimum atomic E-state index is -0.220. The first-order valence-corrected chi connectivity index (χ1v) is 7.32. The Balaban J connectivity index is 2.07. The third-order valence-corrected chi connectivity index (χ3v) is 4.14. The van der Waals surface area contributed by atoms with Crippen LogP contribution in [0.2, 0.25) is 0 Å². The molecule has 0 aliphatic heterocycles. The zero-order chi connectivity index (χ0) is 13.8. The zero-order valence-corrected chi connectivity index (χ0v) is 12.3. The van der Waals surface area contributed by atoms with Gasteiger partial charge in [-0.3, -0.25) is 10.1 Å². The molecule has 2 N–H and O–H groups in total. The Kier molecular flexibility index (Phi) is 4.50. The molecule has 102 valence electrons. The fourth-order valence-corrected chi connectivity index (χ4v) is 2.90. The molecule has 2 rings (SSSR count). The molecule has 4 nitrogen and oxygen atoms in total. The van der Waals surface area contributed by atoms with E-state index in [9.17, 15) is 4.79 Å². The molecule has 1 aromatic heterocycles. The Morgan fingerprint density at radius 3 is 2.79 bits per heavy atom. The van der Waals surface area contributed by atoms with E-state index in [4.69, 9.17) is 0 Å². The zero-order valence-electron chi connectivity index (χ0n) is 11.4. The van der Waals surface area contributed by atoms with Gasteiger partial charge in [0.25, 0.3) is 0 Å². The number of carbonyl (C=O) groups excluding carboxylic acids is 1. The highest BCUT2D eigenvalue weighted by Gasteiger charge is 2.17. The lowest BCUT2D eigenvalue weighted by molar-refractivity contribution is -0.122. The minimum absolute atomic E-state index is 0.0236. The van der Waals surface area contributed by atoms with Crippen molar-refractivity contribution in [3.63, 3.8) is 0 Å². The molecule has 0 fully saturated rings. The van der Waals surface area contributed by atoms with Crippen LogP contribution in [0.1, 0.15) is 31.8 Å². The molecule has 2 atom stereocenters. The van der Waals surface area contributed by atoms with Crippen molar-refractivity contribution in [1.29, 1.82) is 0 Å². The molecular weight excluding hydrogens is 258 g/mol. The maximum Gasteiger partial charge on any atom is 0.236 e. The quantitative estimate of drug-likeness (QED) is 0.882. The van der Waals surface area contributed by atoms with E-state index >= 15 is 0 Å². The molecule has 5 heteroatoms. The Morgan fingerprint density at radius 1 is 1.37 bits per heavy atom. The van der Waals surface area contributed by atoms with E-state index in [2.05, 4.69) is 21.7 Å². The van der Waals surface area contributed by atoms with Crippen LogP contribution in [0.5, 0.6) is 0 Å². The first kappa shape index (κ1) is 14.0. The molecule has 0 bridgehead atoms. The number of hydrogen-bond acceptors (Lipinski definition) is 4. The lowest BCUT2D eigenvalue weighted by Crippen LogP contribution is -2.42. The summed E-state index contributed by atoms with van der Waals surface area (Å²) in [5.74, 6) is 0.0236. The van der Waals surface area contributed by atoms with Crippen LogP contribution in [-0.4, -0.2) is 23.5 Å². The Labute approximate surface area is 117 Å². The third kappa shape index (κ3) is 3.30. The molecule has 0 saturated heterocycles. The second-order valence-corrected chi connectivity index (χ2v) is 5.59. The van der Waals surface area contributed by atoms with E-state index < -0.39 is 0 Å². The average molecular weight is 277 g/mol. The molecule has 1 aromatic carbocycles. The summed E-state index contributed by atoms with van der Waals surface area (Å²) in [6, 6.07) is 7.92. The van der Waals surface area contributed by atoms with Crippen molar-refractivity contribution in [2.75, 3.05) is 6.54 Å². The summed E-state index contributed by atoms with van der Waals surface area (Å²) in [5.41, 5.74) is 1.02. The number of nitrogens with zero attached hydrogens (tertiary/aromatic N) is 1. The van der Waals surface area contributed by atoms with Crippen molar-refractivity contribution in [2.24, 2.45) is 0 Å². The van der Waals surface area contributed by atoms with E-state index in [1.165, 1.54) is 4.70 Å². The number of nitrogens with one attached hydrogen (secondary N) is 2. The number of hydrogen-bond donors (Lipinski definition) is 2. The van der Waals surface area contributed by atoms with E-state index in [1.807, 2.05) is 39.0 Å². The van der Waals surface area contributed by atoms with Gasteiger partial charge in [-0.2, -0.15) is 0 Å². The summed E-state index contributed by atoms with van der Waals surface area (Å²) in [6.07, 6.45) is 0. The summed E-state index contributed by atoms with van der Waals surface area (Å²) in [7, 11) is 0. The molecule has 1 amide bonds. The normalized spacial score (nSPS) is 14.3. The van der Waals surface area contributed by atoms with Crippen molar-refractivity contribution in [2.45, 2.75) is 32.9 Å². The van der Waals surface area contributed by atoms with Crippen molar-refractivity contribution in [1.82, 2.24) is 15.6 Å². The van der Waals surface area contributed by atoms with Gasteiger partial charge in [0.05, 0.1) is 22.3 Å². The first-order chi connectivity index (χ1) is 9.11. The molecule has 0 saturated carbocycles. The highest BCUT2D eigenvalue weighted by Crippen LogP contribution is 2.26. The highest BCUT2D eigenvalue weighted by atomic mass is 32.1. The van der Waals surface area contributed by atoms with Crippen LogP contribution in [0.15, 0.2) is 24.3 Å². The van der Waals surface area contributed by atoms with Crippen molar-refractivity contribution >= 4 is 27.5 Å². The second kappa shape index (κ2) is 6.12. The minimum Gasteiger partial charge on any atom is -0.355 e. The molecule has 19 heavy (non-hydrogen) atoms. The Morgan fingerprint density at radius 2 is 2.11 bits per heavy atom. The first-order valence-electron chi connectivity index (χ1n) is 6.51. The summed E-state index contributed by atoms with van der Waals surface area (Å²) >= 11 is 1.67. The Bertz CT molecular complexity index is 534. The average Bonchev–Trinajstić information content (AvgIpc) is 2.82. The molecule has 1 heterocycles. The van der Waals surface area contributed by atoms with Gasteiger partial charge in [0.1, 0.15) is 5.01 Å². The molecular formula is C14H19N3OS. The van der Waals surface area contributed by atoms with Crippen molar-refractivity contribution in [3.8, 4) is 0 Å². The molecule has 2 aromatic rings. The number of rotatable bonds is 5. The van der Waals surface area contributed by atoms with Crippen LogP contribution in [0, 0.1) is 0 Å². The maximum atomic E-state index is 11.7. The largest absolute Gasteiger partial charge is 0.355 e. The van der Waals surface area contributed by atoms with Crippen molar-refractivity contribution < 1.29 is 4.79 Å². The summed E-state index contributed by atoms with van der Waals surface area (Å²) < 4.78 is 1.18. The fourth-order valence-electron chi connectivity index (χ4n) is 1.92. The highest BCUT2D eigenvalue weighted by molar-refractivity contribution is 7.18. The fraction of sp³-hybridized carbons (Fsp3) is 0.429. The topological polar surface area (TPSA) is 54.0 Å². The number of likely N-dealkylation sites (N-methyl/N-ethyl adjacent to an activating group) is 1. The molecule has 0 aliphatic carbocycles. The predicted molar refractivity (Wildman–Crippen MR) is 79.3 cm³/mol. The lowest BCUT2D eigenvalue weighted by Gasteiger charge is -2.17. The molecule has 0 aliphatic rings. The standard InChI is InChI=1S/C14H19N3OS/c1-4-15-13(18)9(2)16-10(3)14-17-11-7-5-6-8-12(11)19-14/h5-10,16H,4H2,1-3H3,(H,15,18). The molecule has 0 spiro atoms. The third-order valence-electron chi connectivity index (χ3n) is 2.93. The summed E-state index contributed by atoms with van der Waals surface area (Å²) in [4.78, 5) is 16.3. The van der Waals surface area contributed by atoms with Crippen LogP contribution in [-0.2, 0) is 4.79 Å². The van der Waals surface area contributed by atoms with Crippen LogP contribution in [0.25, 0.3) is 10.2 Å². The number of aromatic nitrogens is 1. The van der Waals surface area contributed by atoms with Gasteiger partial charge in [-0.25, -0.2) is 4.98 Å². The predicted octanol–water partition coefficient (Wildman–Crippen LogP) is 2.47. The van der Waals surface area contributed by atoms with Gasteiger partial charge in [-0.15, -0.1) is 11.3 Å². The maximum absolute atomic E-state index is 11.7. The van der Waals surface area contributed by atoms with Gasteiger partial charge in [0.2, 0.25) is 5.91 Å². The lowest BCUT2D eigenvalue weighted by atomic mass is 10.2. The summed E-state index contributed by atoms with van der Waals surface area (Å²) in [5, 5.41) is 7.10. The van der Waals surface area contributed by atoms with Gasteiger partial charge in [0.15, 0.2) is 0 Å². The van der Waals surface area contributed by atoms with Gasteiger partial charge < -0.3 is 5.32 Å². The molecule has 0 radical (unpaired) electrons. The van der Waals surface area contributed by atoms with Gasteiger partial charge >= 0.3 is 0 Å². The number of para-hydroxylation sites is 1. The van der Waals surface area contributed by atoms with Gasteiger partial charge in [-0.05, 0) is 32.9 Å². The van der Waals surface area contributed by atoms with Gasteiger partial charge in [0, 0.05) is 6.54 Å². The van der Waals surface area contributed by atoms with E-state index in [0.29, 0.717) is 6.54 Å². The number of amides is 1. The molecule has 2 unspecified atom stereocenters. The van der Waals surface area contributed by atoms with E-state index in [-0.39, 0.29) is 18.0 Å². The van der Waals surface area contributed by atoms with Gasteiger partial charge in [-0.1, -0.05) is 12.1 Å². The van der Waals surface area contributed by atoms with Crippen LogP contribution < -0.4 is 10.6 Å². The van der Waals surface area contributed by atoms with E-state index in [1.54, 1.807) is 11.3 Å². The number of carbonyl (C=O) groups is 1. The van der Waals surface area contributed by atoms with Crippen molar-refractivity contribution in [3.05, 3.63) is 29.3 Å². The summed E-state index contributed by atoms with van der Waals surface area (Å²) in [6.45, 7) is 6.48. The number of thiazole rings is 1. The second-order valence-electron chi connectivity index (χ2n) is 4.52. The van der Waals surface area contributed by atoms with E-state index in [0.717, 1.165) is 10.5 Å². The number of benzene rings is 1. The van der Waals surface area contributed by atoms with Crippen LogP contribution >= 0.6 is 11.3 Å². The van der Waals surface area contributed by atoms with Crippen LogP contribution in [0.4, 0.5) is 0 Å². The smallest absolute Gasteiger partial charge is 0.236 e. The Hall–Kier alpha value is -1.46. The number of fused-ring (bicyclic) bond motifs is 1. The van der Waals surface area contributed by atoms with Crippen LogP contribution in [0.3, 0.4) is 0 Å². The monoisotopic (exact) mass is 277 g/mol.